The van der Waals surface area contributed by atoms with Crippen molar-refractivity contribution >= 4 is 22.7 Å². The lowest BCUT2D eigenvalue weighted by atomic mass is 9.85. The van der Waals surface area contributed by atoms with Gasteiger partial charge in [0.2, 0.25) is 11.8 Å². The van der Waals surface area contributed by atoms with E-state index < -0.39 is 12.1 Å². The molecule has 0 aliphatic carbocycles. The molecular weight excluding hydrogens is 454 g/mol. The number of aromatic amines is 1. The van der Waals surface area contributed by atoms with Gasteiger partial charge in [-0.05, 0) is 23.3 Å². The van der Waals surface area contributed by atoms with Crippen LogP contribution in [-0.2, 0) is 22.6 Å². The molecule has 0 saturated carbocycles. The van der Waals surface area contributed by atoms with Crippen molar-refractivity contribution in [2.75, 3.05) is 20.8 Å². The molecule has 3 aromatic carbocycles. The average Bonchev–Trinajstić information content (AvgIpc) is 3.29. The summed E-state index contributed by atoms with van der Waals surface area (Å²) in [6, 6.07) is 22.4. The number of aromatic nitrogens is 1. The average molecular weight is 482 g/mol. The summed E-state index contributed by atoms with van der Waals surface area (Å²) >= 11 is 0. The van der Waals surface area contributed by atoms with Crippen molar-refractivity contribution in [2.24, 2.45) is 0 Å². The molecule has 2 aliphatic rings. The summed E-state index contributed by atoms with van der Waals surface area (Å²) in [7, 11) is 3.19. The fraction of sp³-hybridized carbons (Fsp3) is 0.241. The lowest BCUT2D eigenvalue weighted by Crippen LogP contribution is -2.62. The molecule has 1 unspecified atom stereocenters. The van der Waals surface area contributed by atoms with Crippen LogP contribution in [0.5, 0.6) is 11.5 Å². The Morgan fingerprint density at radius 3 is 2.47 bits per heavy atom. The molecule has 6 rings (SSSR count). The summed E-state index contributed by atoms with van der Waals surface area (Å²) in [5, 5.41) is 1.07. The normalized spacial score (nSPS) is 19.3. The van der Waals surface area contributed by atoms with Crippen LogP contribution in [0.15, 0.2) is 72.8 Å². The number of nitrogens with zero attached hydrogens (tertiary/aromatic N) is 2. The van der Waals surface area contributed by atoms with E-state index in [9.17, 15) is 9.59 Å². The zero-order valence-corrected chi connectivity index (χ0v) is 20.2. The van der Waals surface area contributed by atoms with Crippen molar-refractivity contribution in [1.82, 2.24) is 14.8 Å². The number of para-hydroxylation sites is 2. The van der Waals surface area contributed by atoms with Crippen molar-refractivity contribution < 1.29 is 19.1 Å². The number of methoxy groups -OCH3 is 2. The van der Waals surface area contributed by atoms with Gasteiger partial charge in [0.25, 0.3) is 0 Å². The fourth-order valence-corrected chi connectivity index (χ4v) is 5.71. The predicted molar refractivity (Wildman–Crippen MR) is 136 cm³/mol. The molecule has 7 heteroatoms. The number of rotatable bonds is 5. The van der Waals surface area contributed by atoms with Crippen molar-refractivity contribution in [3.05, 3.63) is 95.2 Å². The maximum atomic E-state index is 13.9. The highest BCUT2D eigenvalue weighted by atomic mass is 16.5. The smallest absolute Gasteiger partial charge is 0.246 e. The van der Waals surface area contributed by atoms with Gasteiger partial charge in [0.1, 0.15) is 18.6 Å². The van der Waals surface area contributed by atoms with Gasteiger partial charge in [-0.1, -0.05) is 60.7 Å². The second-order valence-electron chi connectivity index (χ2n) is 9.25. The van der Waals surface area contributed by atoms with Crippen LogP contribution >= 0.6 is 0 Å². The number of ether oxygens (including phenoxy) is 2. The predicted octanol–water partition coefficient (Wildman–Crippen LogP) is 4.07. The Bertz CT molecular complexity index is 1460. The van der Waals surface area contributed by atoms with Gasteiger partial charge in [0.15, 0.2) is 11.5 Å². The van der Waals surface area contributed by atoms with Crippen LogP contribution in [0.25, 0.3) is 10.9 Å². The van der Waals surface area contributed by atoms with Gasteiger partial charge in [-0.2, -0.15) is 0 Å². The third-order valence-electron chi connectivity index (χ3n) is 7.29. The second kappa shape index (κ2) is 8.75. The molecule has 0 bridgehead atoms. The summed E-state index contributed by atoms with van der Waals surface area (Å²) in [5.74, 6) is 1.01. The quantitative estimate of drug-likeness (QED) is 0.466. The second-order valence-corrected chi connectivity index (χ2v) is 9.25. The molecular formula is C29H27N3O4. The van der Waals surface area contributed by atoms with Crippen LogP contribution in [0, 0.1) is 0 Å². The minimum absolute atomic E-state index is 0.0303. The molecule has 182 valence electrons. The van der Waals surface area contributed by atoms with Crippen molar-refractivity contribution in [2.45, 2.75) is 25.0 Å². The third-order valence-corrected chi connectivity index (χ3v) is 7.29. The van der Waals surface area contributed by atoms with Crippen molar-refractivity contribution in [3.8, 4) is 11.5 Å². The monoisotopic (exact) mass is 481 g/mol. The van der Waals surface area contributed by atoms with E-state index in [0.29, 0.717) is 24.5 Å². The lowest BCUT2D eigenvalue weighted by molar-refractivity contribution is -0.159. The maximum Gasteiger partial charge on any atom is 0.246 e. The summed E-state index contributed by atoms with van der Waals surface area (Å²) in [6.45, 7) is 0.437. The summed E-state index contributed by atoms with van der Waals surface area (Å²) < 4.78 is 11.3. The molecule has 36 heavy (non-hydrogen) atoms. The highest BCUT2D eigenvalue weighted by Gasteiger charge is 2.49. The Hall–Kier alpha value is -4.26. The first-order valence-electron chi connectivity index (χ1n) is 12.0. The number of carbonyl (C=O) groups is 2. The van der Waals surface area contributed by atoms with Crippen LogP contribution in [-0.4, -0.2) is 53.4 Å². The van der Waals surface area contributed by atoms with E-state index in [1.165, 1.54) is 0 Å². The molecule has 0 radical (unpaired) electrons. The zero-order chi connectivity index (χ0) is 24.8. The number of piperazine rings is 1. The minimum atomic E-state index is -0.609. The highest BCUT2D eigenvalue weighted by Crippen LogP contribution is 2.47. The molecule has 2 aliphatic heterocycles. The molecule has 1 N–H and O–H groups in total. The van der Waals surface area contributed by atoms with E-state index in [0.717, 1.165) is 33.3 Å². The fourth-order valence-electron chi connectivity index (χ4n) is 5.71. The van der Waals surface area contributed by atoms with Gasteiger partial charge in [-0.3, -0.25) is 9.59 Å². The first-order valence-corrected chi connectivity index (χ1v) is 12.0. The standard InChI is InChI=1S/C29H27N3O4/c1-35-24-14-8-12-20(28(24)36-2)27-26-21(19-11-6-7-13-22(19)30-26)15-23-29(34)31(17-25(33)32(23)27)16-18-9-4-3-5-10-18/h3-14,23,27,30H,15-17H2,1-2H3/t23-,27?/m0/s1. The molecule has 4 aromatic rings. The lowest BCUT2D eigenvalue weighted by Gasteiger charge is -2.47. The summed E-state index contributed by atoms with van der Waals surface area (Å²) in [6.07, 6.45) is 0.456. The number of amides is 2. The summed E-state index contributed by atoms with van der Waals surface area (Å²) in [5.41, 5.74) is 4.74. The zero-order valence-electron chi connectivity index (χ0n) is 20.2. The van der Waals surface area contributed by atoms with Gasteiger partial charge < -0.3 is 24.3 Å². The van der Waals surface area contributed by atoms with E-state index in [1.807, 2.05) is 66.7 Å². The van der Waals surface area contributed by atoms with E-state index in [4.69, 9.17) is 9.47 Å². The maximum absolute atomic E-state index is 13.9. The van der Waals surface area contributed by atoms with E-state index in [2.05, 4.69) is 11.1 Å². The van der Waals surface area contributed by atoms with E-state index in [-0.39, 0.29) is 18.4 Å². The molecule has 3 heterocycles. The SMILES string of the molecule is COc1cccc(C2c3[nH]c4ccccc4c3C[C@H]3C(=O)N(Cc4ccccc4)CC(=O)N23)c1OC. The molecule has 1 aromatic heterocycles. The number of nitrogens with one attached hydrogen (secondary N) is 1. The Kier molecular flexibility index (Phi) is 5.40. The number of carbonyl (C=O) groups excluding carboxylic acids is 2. The van der Waals surface area contributed by atoms with E-state index in [1.54, 1.807) is 24.0 Å². The van der Waals surface area contributed by atoms with E-state index >= 15 is 0 Å². The van der Waals surface area contributed by atoms with Crippen LogP contribution < -0.4 is 9.47 Å². The Balaban J connectivity index is 1.51. The largest absolute Gasteiger partial charge is 0.493 e. The van der Waals surface area contributed by atoms with Gasteiger partial charge in [-0.15, -0.1) is 0 Å². The Morgan fingerprint density at radius 2 is 1.69 bits per heavy atom. The molecule has 1 fully saturated rings. The number of hydrogen-bond donors (Lipinski definition) is 1. The summed E-state index contributed by atoms with van der Waals surface area (Å²) in [4.78, 5) is 34.7. The van der Waals surface area contributed by atoms with Gasteiger partial charge in [0, 0.05) is 35.1 Å². The van der Waals surface area contributed by atoms with Crippen LogP contribution in [0.2, 0.25) is 0 Å². The number of benzene rings is 3. The van der Waals surface area contributed by atoms with Gasteiger partial charge in [-0.25, -0.2) is 0 Å². The number of H-pyrrole nitrogens is 1. The minimum Gasteiger partial charge on any atom is -0.493 e. The molecule has 1 saturated heterocycles. The van der Waals surface area contributed by atoms with Crippen molar-refractivity contribution in [3.63, 3.8) is 0 Å². The molecule has 2 amide bonds. The van der Waals surface area contributed by atoms with Gasteiger partial charge in [0.05, 0.1) is 14.2 Å². The van der Waals surface area contributed by atoms with Crippen molar-refractivity contribution in [1.29, 1.82) is 0 Å². The Labute approximate surface area is 209 Å². The van der Waals surface area contributed by atoms with Crippen LogP contribution in [0.1, 0.15) is 28.4 Å². The highest BCUT2D eigenvalue weighted by molar-refractivity contribution is 5.97. The topological polar surface area (TPSA) is 74.9 Å². The Morgan fingerprint density at radius 1 is 0.917 bits per heavy atom. The van der Waals surface area contributed by atoms with Crippen LogP contribution in [0.4, 0.5) is 0 Å². The first-order chi connectivity index (χ1) is 17.6. The molecule has 7 nitrogen and oxygen atoms in total. The van der Waals surface area contributed by atoms with Gasteiger partial charge >= 0.3 is 0 Å². The third kappa shape index (κ3) is 3.42. The number of hydrogen-bond acceptors (Lipinski definition) is 4. The number of fused-ring (bicyclic) bond motifs is 4. The molecule has 2 atom stereocenters. The van der Waals surface area contributed by atoms with Crippen LogP contribution in [0.3, 0.4) is 0 Å². The first kappa shape index (κ1) is 22.2. The molecule has 0 spiro atoms.